The Kier molecular flexibility index (Phi) is 7.18. The summed E-state index contributed by atoms with van der Waals surface area (Å²) in [5.41, 5.74) is 4.78. The van der Waals surface area contributed by atoms with Crippen LogP contribution in [0.3, 0.4) is 0 Å². The highest BCUT2D eigenvalue weighted by Gasteiger charge is 2.27. The third-order valence-electron chi connectivity index (χ3n) is 4.98. The van der Waals surface area contributed by atoms with Gasteiger partial charge in [0, 0.05) is 13.2 Å². The van der Waals surface area contributed by atoms with Crippen LogP contribution in [0.5, 0.6) is 0 Å². The van der Waals surface area contributed by atoms with E-state index in [4.69, 9.17) is 4.74 Å². The average Bonchev–Trinajstić information content (AvgIpc) is 2.74. The Balaban J connectivity index is 1.99. The zero-order chi connectivity index (χ0) is 19.8. The van der Waals surface area contributed by atoms with E-state index in [0.717, 1.165) is 17.6 Å². The smallest absolute Gasteiger partial charge is 0.102 e. The third-order valence-corrected chi connectivity index (χ3v) is 4.98. The Morgan fingerprint density at radius 2 is 1.25 bits per heavy atom. The van der Waals surface area contributed by atoms with Crippen LogP contribution in [0.4, 0.5) is 0 Å². The third kappa shape index (κ3) is 5.19. The molecule has 0 amide bonds. The van der Waals surface area contributed by atoms with Crippen molar-refractivity contribution < 1.29 is 4.74 Å². The number of rotatable bonds is 9. The molecule has 3 atom stereocenters. The lowest BCUT2D eigenvalue weighted by atomic mass is 9.92. The molecule has 0 aliphatic carbocycles. The van der Waals surface area contributed by atoms with Crippen molar-refractivity contribution in [3.63, 3.8) is 0 Å². The Morgan fingerprint density at radius 3 is 1.71 bits per heavy atom. The Labute approximate surface area is 168 Å². The summed E-state index contributed by atoms with van der Waals surface area (Å²) in [6.45, 7) is 6.24. The lowest BCUT2D eigenvalue weighted by Crippen LogP contribution is -2.32. The van der Waals surface area contributed by atoms with E-state index in [1.54, 1.807) is 7.11 Å². The fourth-order valence-corrected chi connectivity index (χ4v) is 3.65. The molecule has 0 saturated carbocycles. The fourth-order valence-electron chi connectivity index (χ4n) is 3.65. The van der Waals surface area contributed by atoms with E-state index in [0.29, 0.717) is 0 Å². The second kappa shape index (κ2) is 10.0. The van der Waals surface area contributed by atoms with Gasteiger partial charge in [0.05, 0.1) is 6.04 Å². The highest BCUT2D eigenvalue weighted by Crippen LogP contribution is 2.35. The summed E-state index contributed by atoms with van der Waals surface area (Å²) >= 11 is 0. The predicted molar refractivity (Wildman–Crippen MR) is 117 cm³/mol. The van der Waals surface area contributed by atoms with Crippen molar-refractivity contribution in [2.75, 3.05) is 7.11 Å². The van der Waals surface area contributed by atoms with Crippen LogP contribution in [0.15, 0.2) is 103 Å². The molecule has 0 radical (unpaired) electrons. The van der Waals surface area contributed by atoms with Crippen LogP contribution < -0.4 is 5.32 Å². The van der Waals surface area contributed by atoms with E-state index in [-0.39, 0.29) is 18.2 Å². The largest absolute Gasteiger partial charge is 0.375 e. The quantitative estimate of drug-likeness (QED) is 0.439. The highest BCUT2D eigenvalue weighted by molar-refractivity contribution is 5.28. The molecular formula is C26H29NO. The molecule has 0 bridgehead atoms. The van der Waals surface area contributed by atoms with Crippen molar-refractivity contribution in [2.45, 2.75) is 31.5 Å². The summed E-state index contributed by atoms with van der Waals surface area (Å²) in [5, 5.41) is 3.88. The molecule has 0 spiro atoms. The molecule has 0 heterocycles. The van der Waals surface area contributed by atoms with E-state index in [1.807, 2.05) is 12.1 Å². The van der Waals surface area contributed by atoms with Gasteiger partial charge in [-0.25, -0.2) is 0 Å². The first-order valence-corrected chi connectivity index (χ1v) is 9.77. The molecule has 0 aliphatic heterocycles. The van der Waals surface area contributed by atoms with Gasteiger partial charge in [-0.15, -0.1) is 6.58 Å². The molecule has 2 nitrogen and oxygen atoms in total. The first-order valence-electron chi connectivity index (χ1n) is 9.77. The van der Waals surface area contributed by atoms with Gasteiger partial charge in [0.2, 0.25) is 0 Å². The van der Waals surface area contributed by atoms with Crippen molar-refractivity contribution in [1.29, 1.82) is 0 Å². The van der Waals surface area contributed by atoms with Gasteiger partial charge in [-0.2, -0.15) is 0 Å². The maximum atomic E-state index is 6.01. The second-order valence-corrected chi connectivity index (χ2v) is 7.25. The van der Waals surface area contributed by atoms with Crippen LogP contribution in [-0.2, 0) is 4.74 Å². The van der Waals surface area contributed by atoms with Crippen LogP contribution in [-0.4, -0.2) is 7.11 Å². The lowest BCUT2D eigenvalue weighted by Gasteiger charge is -2.32. The first kappa shape index (κ1) is 20.1. The molecule has 3 aromatic rings. The maximum Gasteiger partial charge on any atom is 0.102 e. The minimum atomic E-state index is -0.0973. The fraction of sp³-hybridized carbons (Fsp3) is 0.231. The molecule has 0 aliphatic rings. The van der Waals surface area contributed by atoms with E-state index in [9.17, 15) is 0 Å². The van der Waals surface area contributed by atoms with E-state index < -0.39 is 0 Å². The summed E-state index contributed by atoms with van der Waals surface area (Å²) in [5.74, 6) is 0. The molecule has 0 unspecified atom stereocenters. The molecule has 28 heavy (non-hydrogen) atoms. The molecule has 2 heteroatoms. The lowest BCUT2D eigenvalue weighted by molar-refractivity contribution is 0.0629. The average molecular weight is 372 g/mol. The maximum absolute atomic E-state index is 6.01. The summed E-state index contributed by atoms with van der Waals surface area (Å²) in [6.07, 6.45) is 0.776. The number of benzene rings is 3. The SMILES string of the molecule is C=C(C)C[C@H](N[C@H](c1ccccc1)[C@@H](OC)c1ccccc1)c1ccccc1. The number of nitrogens with one attached hydrogen (secondary N) is 1. The van der Waals surface area contributed by atoms with E-state index >= 15 is 0 Å². The monoisotopic (exact) mass is 371 g/mol. The van der Waals surface area contributed by atoms with Gasteiger partial charge in [-0.1, -0.05) is 96.6 Å². The summed E-state index contributed by atoms with van der Waals surface area (Å²) < 4.78 is 6.01. The van der Waals surface area contributed by atoms with Crippen LogP contribution in [0, 0.1) is 0 Å². The zero-order valence-corrected chi connectivity index (χ0v) is 16.7. The molecule has 144 valence electrons. The van der Waals surface area contributed by atoms with Gasteiger partial charge < -0.3 is 10.1 Å². The van der Waals surface area contributed by atoms with Crippen LogP contribution >= 0.6 is 0 Å². The van der Waals surface area contributed by atoms with Gasteiger partial charge in [-0.3, -0.25) is 0 Å². The number of hydrogen-bond donors (Lipinski definition) is 1. The normalized spacial score (nSPS) is 14.2. The molecular weight excluding hydrogens is 342 g/mol. The molecule has 3 rings (SSSR count). The first-order chi connectivity index (χ1) is 13.7. The molecule has 1 N–H and O–H groups in total. The van der Waals surface area contributed by atoms with Crippen molar-refractivity contribution in [1.82, 2.24) is 5.32 Å². The van der Waals surface area contributed by atoms with Gasteiger partial charge >= 0.3 is 0 Å². The number of ether oxygens (including phenoxy) is 1. The molecule has 3 aromatic carbocycles. The van der Waals surface area contributed by atoms with Gasteiger partial charge in [0.15, 0.2) is 0 Å². The number of methoxy groups -OCH3 is 1. The summed E-state index contributed by atoms with van der Waals surface area (Å²) in [6, 6.07) is 31.7. The Bertz CT molecular complexity index is 845. The van der Waals surface area contributed by atoms with Gasteiger partial charge in [0.25, 0.3) is 0 Å². The summed E-state index contributed by atoms with van der Waals surface area (Å²) in [7, 11) is 1.78. The second-order valence-electron chi connectivity index (χ2n) is 7.25. The van der Waals surface area contributed by atoms with Crippen LogP contribution in [0.2, 0.25) is 0 Å². The molecule has 0 aromatic heterocycles. The van der Waals surface area contributed by atoms with E-state index in [2.05, 4.69) is 97.7 Å². The number of hydrogen-bond acceptors (Lipinski definition) is 2. The highest BCUT2D eigenvalue weighted by atomic mass is 16.5. The summed E-state index contributed by atoms with van der Waals surface area (Å²) in [4.78, 5) is 0. The van der Waals surface area contributed by atoms with E-state index in [1.165, 1.54) is 11.1 Å². The molecule has 0 saturated heterocycles. The van der Waals surface area contributed by atoms with Gasteiger partial charge in [-0.05, 0) is 30.0 Å². The predicted octanol–water partition coefficient (Wildman–Crippen LogP) is 6.41. The Hall–Kier alpha value is -2.68. The Morgan fingerprint density at radius 1 is 0.786 bits per heavy atom. The minimum absolute atomic E-state index is 0.0122. The minimum Gasteiger partial charge on any atom is -0.375 e. The zero-order valence-electron chi connectivity index (χ0n) is 16.7. The van der Waals surface area contributed by atoms with Crippen molar-refractivity contribution in [2.24, 2.45) is 0 Å². The van der Waals surface area contributed by atoms with Crippen molar-refractivity contribution in [3.8, 4) is 0 Å². The van der Waals surface area contributed by atoms with Crippen LogP contribution in [0.25, 0.3) is 0 Å². The standard InChI is InChI=1S/C26H29NO/c1-20(2)19-24(21-13-7-4-8-14-21)27-25(22-15-9-5-10-16-22)26(28-3)23-17-11-6-12-18-23/h4-18,24-27H,1,19H2,2-3H3/t24-,25+,26-/m0/s1. The van der Waals surface area contributed by atoms with Crippen molar-refractivity contribution >= 4 is 0 Å². The van der Waals surface area contributed by atoms with Crippen LogP contribution in [0.1, 0.15) is 48.2 Å². The molecule has 0 fully saturated rings. The van der Waals surface area contributed by atoms with Gasteiger partial charge in [0.1, 0.15) is 6.10 Å². The topological polar surface area (TPSA) is 21.3 Å². The van der Waals surface area contributed by atoms with Crippen molar-refractivity contribution in [3.05, 3.63) is 120 Å².